The van der Waals surface area contributed by atoms with Crippen molar-refractivity contribution in [3.8, 4) is 11.8 Å². The molecule has 0 saturated heterocycles. The van der Waals surface area contributed by atoms with Gasteiger partial charge >= 0.3 is 0 Å². The van der Waals surface area contributed by atoms with E-state index in [2.05, 4.69) is 30.5 Å². The lowest BCUT2D eigenvalue weighted by atomic mass is 10.2. The van der Waals surface area contributed by atoms with Crippen LogP contribution in [0.4, 0.5) is 0 Å². The maximum Gasteiger partial charge on any atom is 0.0255 e. The summed E-state index contributed by atoms with van der Waals surface area (Å²) < 4.78 is 0. The molecule has 15 heavy (non-hydrogen) atoms. The molecule has 0 atom stereocenters. The van der Waals surface area contributed by atoms with Gasteiger partial charge in [0.25, 0.3) is 0 Å². The number of benzene rings is 2. The van der Waals surface area contributed by atoms with Crippen molar-refractivity contribution < 1.29 is 0 Å². The van der Waals surface area contributed by atoms with E-state index in [0.29, 0.717) is 0 Å². The first-order valence-electron chi connectivity index (χ1n) is 4.62. The first kappa shape index (κ1) is 9.89. The van der Waals surface area contributed by atoms with Crippen molar-refractivity contribution in [1.29, 1.82) is 0 Å². The van der Waals surface area contributed by atoms with Crippen LogP contribution in [0.25, 0.3) is 0 Å². The van der Waals surface area contributed by atoms with E-state index in [0.717, 1.165) is 16.0 Å². The zero-order valence-corrected chi connectivity index (χ0v) is 8.96. The molecule has 71 valence electrons. The third-order valence-electron chi connectivity index (χ3n) is 1.93. The van der Waals surface area contributed by atoms with Crippen molar-refractivity contribution in [3.63, 3.8) is 0 Å². The van der Waals surface area contributed by atoms with E-state index in [9.17, 15) is 0 Å². The van der Waals surface area contributed by atoms with Gasteiger partial charge in [-0.25, -0.2) is 0 Å². The Morgan fingerprint density at radius 1 is 0.933 bits per heavy atom. The van der Waals surface area contributed by atoms with Gasteiger partial charge in [-0.1, -0.05) is 24.0 Å². The zero-order valence-electron chi connectivity index (χ0n) is 8.07. The lowest BCUT2D eigenvalue weighted by molar-refractivity contribution is 1.46. The van der Waals surface area contributed by atoms with Gasteiger partial charge in [0.05, 0.1) is 0 Å². The Morgan fingerprint density at radius 2 is 1.67 bits per heavy atom. The fourth-order valence-corrected chi connectivity index (χ4v) is 1.31. The monoisotopic (exact) mass is 209 g/mol. The summed E-state index contributed by atoms with van der Waals surface area (Å²) in [4.78, 5) is 0.952. The molecule has 0 aliphatic rings. The average Bonchev–Trinajstić information content (AvgIpc) is 2.30. The number of rotatable bonds is 0. The van der Waals surface area contributed by atoms with Gasteiger partial charge in [0, 0.05) is 16.0 Å². The Bertz CT molecular complexity index is 486. The van der Waals surface area contributed by atoms with Crippen molar-refractivity contribution in [2.24, 2.45) is 0 Å². The molecule has 0 aliphatic heterocycles. The summed E-state index contributed by atoms with van der Waals surface area (Å²) in [5.41, 5.74) is 1.98. The summed E-state index contributed by atoms with van der Waals surface area (Å²) in [7, 11) is 0. The molecule has 0 amide bonds. The zero-order chi connectivity index (χ0) is 10.5. The van der Waals surface area contributed by atoms with Gasteiger partial charge in [0.15, 0.2) is 0 Å². The highest BCUT2D eigenvalue weighted by atomic mass is 32.1. The Hall–Kier alpha value is -1.65. The van der Waals surface area contributed by atoms with E-state index >= 15 is 0 Å². The molecule has 0 nitrogen and oxygen atoms in total. The van der Waals surface area contributed by atoms with Crippen molar-refractivity contribution in [2.75, 3.05) is 0 Å². The van der Waals surface area contributed by atoms with Gasteiger partial charge in [-0.2, -0.15) is 0 Å². The molecule has 0 spiro atoms. The average molecular weight is 209 g/mol. The van der Waals surface area contributed by atoms with E-state index in [1.54, 1.807) is 0 Å². The third-order valence-corrected chi connectivity index (χ3v) is 2.22. The summed E-state index contributed by atoms with van der Waals surface area (Å²) in [5, 5.41) is 0. The SMILES string of the molecule is Sc1ccc(C#Cc2c[c]ccc2)cc1. The molecular weight excluding hydrogens is 200 g/mol. The van der Waals surface area contributed by atoms with E-state index in [1.165, 1.54) is 0 Å². The minimum Gasteiger partial charge on any atom is -0.143 e. The van der Waals surface area contributed by atoms with Crippen molar-refractivity contribution in [3.05, 3.63) is 65.7 Å². The fourth-order valence-electron chi connectivity index (χ4n) is 1.16. The normalized spacial score (nSPS) is 9.13. The summed E-state index contributed by atoms with van der Waals surface area (Å²) >= 11 is 4.22. The summed E-state index contributed by atoms with van der Waals surface area (Å²) in [5.74, 6) is 6.16. The van der Waals surface area contributed by atoms with Gasteiger partial charge < -0.3 is 0 Å². The summed E-state index contributed by atoms with van der Waals surface area (Å²) in [6, 6.07) is 18.4. The molecule has 0 aromatic heterocycles. The van der Waals surface area contributed by atoms with Gasteiger partial charge in [-0.05, 0) is 42.5 Å². The first-order chi connectivity index (χ1) is 7.34. The predicted octanol–water partition coefficient (Wildman–Crippen LogP) is 3.18. The van der Waals surface area contributed by atoms with Crippen LogP contribution in [0.15, 0.2) is 53.4 Å². The van der Waals surface area contributed by atoms with E-state index in [4.69, 9.17) is 0 Å². The first-order valence-corrected chi connectivity index (χ1v) is 5.06. The molecule has 0 saturated carbocycles. The van der Waals surface area contributed by atoms with Crippen LogP contribution >= 0.6 is 12.6 Å². The van der Waals surface area contributed by atoms with Gasteiger partial charge in [0.2, 0.25) is 0 Å². The van der Waals surface area contributed by atoms with E-state index in [-0.39, 0.29) is 0 Å². The third kappa shape index (κ3) is 2.90. The standard InChI is InChI=1S/C14H9S/c15-14-10-8-13(9-11-14)7-6-12-4-2-1-3-5-12/h1-2,4-5,8-11,15H. The van der Waals surface area contributed by atoms with Crippen molar-refractivity contribution >= 4 is 12.6 Å². The van der Waals surface area contributed by atoms with Crippen LogP contribution in [0.5, 0.6) is 0 Å². The molecule has 0 unspecified atom stereocenters. The van der Waals surface area contributed by atoms with Crippen LogP contribution in [0.3, 0.4) is 0 Å². The highest BCUT2D eigenvalue weighted by molar-refractivity contribution is 7.80. The maximum absolute atomic E-state index is 4.22. The van der Waals surface area contributed by atoms with Crippen LogP contribution in [0.1, 0.15) is 11.1 Å². The molecule has 0 aliphatic carbocycles. The second-order valence-electron chi connectivity index (χ2n) is 3.09. The molecule has 1 heteroatoms. The topological polar surface area (TPSA) is 0 Å². The molecule has 0 heterocycles. The second kappa shape index (κ2) is 4.72. The summed E-state index contributed by atoms with van der Waals surface area (Å²) in [6.07, 6.45) is 0. The highest BCUT2D eigenvalue weighted by Crippen LogP contribution is 2.06. The molecule has 2 aromatic carbocycles. The van der Waals surface area contributed by atoms with Crippen LogP contribution < -0.4 is 0 Å². The number of thiol groups is 1. The lowest BCUT2D eigenvalue weighted by Crippen LogP contribution is -1.75. The quantitative estimate of drug-likeness (QED) is 0.500. The van der Waals surface area contributed by atoms with Gasteiger partial charge in [-0.15, -0.1) is 12.6 Å². The minimum atomic E-state index is 0.952. The van der Waals surface area contributed by atoms with E-state index in [1.807, 2.05) is 48.5 Å². The van der Waals surface area contributed by atoms with Crippen LogP contribution in [-0.2, 0) is 0 Å². The molecular formula is C14H9S. The molecule has 0 N–H and O–H groups in total. The van der Waals surface area contributed by atoms with E-state index < -0.39 is 0 Å². The molecule has 0 fully saturated rings. The molecule has 2 aromatic rings. The summed E-state index contributed by atoms with van der Waals surface area (Å²) in [6.45, 7) is 0. The minimum absolute atomic E-state index is 0.952. The fraction of sp³-hybridized carbons (Fsp3) is 0. The highest BCUT2D eigenvalue weighted by Gasteiger charge is 1.86. The largest absolute Gasteiger partial charge is 0.143 e. The molecule has 0 bridgehead atoms. The van der Waals surface area contributed by atoms with Crippen molar-refractivity contribution in [2.45, 2.75) is 4.90 Å². The smallest absolute Gasteiger partial charge is 0.0255 e. The molecule has 2 rings (SSSR count). The van der Waals surface area contributed by atoms with Crippen LogP contribution in [-0.4, -0.2) is 0 Å². The number of hydrogen-bond acceptors (Lipinski definition) is 1. The maximum atomic E-state index is 4.22. The Morgan fingerprint density at radius 3 is 2.33 bits per heavy atom. The van der Waals surface area contributed by atoms with Crippen molar-refractivity contribution in [1.82, 2.24) is 0 Å². The number of hydrogen-bond donors (Lipinski definition) is 1. The van der Waals surface area contributed by atoms with Crippen LogP contribution in [0, 0.1) is 17.9 Å². The van der Waals surface area contributed by atoms with Gasteiger partial charge in [0.1, 0.15) is 0 Å². The Kier molecular flexibility index (Phi) is 3.11. The van der Waals surface area contributed by atoms with Crippen LogP contribution in [0.2, 0.25) is 0 Å². The second-order valence-corrected chi connectivity index (χ2v) is 3.61. The van der Waals surface area contributed by atoms with Gasteiger partial charge in [-0.3, -0.25) is 0 Å². The molecule has 1 radical (unpaired) electrons. The Labute approximate surface area is 95.4 Å². The lowest BCUT2D eigenvalue weighted by Gasteiger charge is -1.91. The Balaban J connectivity index is 2.22. The predicted molar refractivity (Wildman–Crippen MR) is 65.0 cm³/mol.